The van der Waals surface area contributed by atoms with Gasteiger partial charge in [0, 0.05) is 42.5 Å². The first-order valence-electron chi connectivity index (χ1n) is 11.7. The van der Waals surface area contributed by atoms with Crippen LogP contribution >= 0.6 is 23.2 Å². The first-order valence-corrected chi connectivity index (χ1v) is 12.4. The van der Waals surface area contributed by atoms with Crippen LogP contribution in [0.5, 0.6) is 11.5 Å². The topological polar surface area (TPSA) is 124 Å². The van der Waals surface area contributed by atoms with Crippen LogP contribution in [-0.4, -0.2) is 65.3 Å². The fourth-order valence-electron chi connectivity index (χ4n) is 4.29. The summed E-state index contributed by atoms with van der Waals surface area (Å²) in [5.41, 5.74) is 2.30. The number of methoxy groups -OCH3 is 2. The summed E-state index contributed by atoms with van der Waals surface area (Å²) >= 11 is 13.1. The fourth-order valence-corrected chi connectivity index (χ4v) is 4.89. The maximum Gasteiger partial charge on any atom is 0.243 e. The standard InChI is InChI=1S/C25H25Cl2N7O4/c1-4-19(35)29-10-14-11-38-12-16(14)32-25-30-9-13-7-15(24-28-5-6-34(24)23(13)33-25)31-22-20(26)17(36-2)8-18(37-3)21(22)27/h4-9,14,16,31H,1,10-12H2,2-3H3,(H,29,35)(H,30,32,33)/t14-,16+/m1/s1. The summed E-state index contributed by atoms with van der Waals surface area (Å²) in [7, 11) is 3.03. The van der Waals surface area contributed by atoms with Gasteiger partial charge >= 0.3 is 0 Å². The van der Waals surface area contributed by atoms with Gasteiger partial charge in [-0.2, -0.15) is 4.98 Å². The van der Waals surface area contributed by atoms with E-state index in [-0.39, 0.29) is 17.9 Å². The Labute approximate surface area is 228 Å². The Morgan fingerprint density at radius 3 is 2.66 bits per heavy atom. The highest BCUT2D eigenvalue weighted by Crippen LogP contribution is 2.45. The van der Waals surface area contributed by atoms with Gasteiger partial charge in [-0.1, -0.05) is 29.8 Å². The predicted octanol–water partition coefficient (Wildman–Crippen LogP) is 4.07. The highest BCUT2D eigenvalue weighted by atomic mass is 35.5. The number of halogens is 2. The predicted molar refractivity (Wildman–Crippen MR) is 146 cm³/mol. The van der Waals surface area contributed by atoms with E-state index in [1.807, 2.05) is 10.5 Å². The summed E-state index contributed by atoms with van der Waals surface area (Å²) < 4.78 is 18.2. The van der Waals surface area contributed by atoms with Gasteiger partial charge in [0.2, 0.25) is 11.9 Å². The molecule has 0 radical (unpaired) electrons. The zero-order valence-corrected chi connectivity index (χ0v) is 22.1. The number of amides is 1. The number of nitrogens with one attached hydrogen (secondary N) is 3. The smallest absolute Gasteiger partial charge is 0.243 e. The van der Waals surface area contributed by atoms with Crippen LogP contribution in [0.15, 0.2) is 43.4 Å². The summed E-state index contributed by atoms with van der Waals surface area (Å²) in [6, 6.07) is 3.42. The van der Waals surface area contributed by atoms with E-state index < -0.39 is 0 Å². The number of pyridine rings is 1. The monoisotopic (exact) mass is 557 g/mol. The molecular formula is C25H25Cl2N7O4. The highest BCUT2D eigenvalue weighted by molar-refractivity contribution is 6.41. The number of rotatable bonds is 9. The molecule has 0 saturated carbocycles. The van der Waals surface area contributed by atoms with Gasteiger partial charge in [-0.15, -0.1) is 0 Å². The molecule has 5 rings (SSSR count). The first-order chi connectivity index (χ1) is 18.4. The molecule has 2 atom stereocenters. The molecule has 0 spiro atoms. The van der Waals surface area contributed by atoms with Gasteiger partial charge in [-0.05, 0) is 12.1 Å². The van der Waals surface area contributed by atoms with Crippen LogP contribution in [0.3, 0.4) is 0 Å². The number of benzene rings is 1. The second kappa shape index (κ2) is 10.9. The largest absolute Gasteiger partial charge is 0.495 e. The van der Waals surface area contributed by atoms with E-state index >= 15 is 0 Å². The summed E-state index contributed by atoms with van der Waals surface area (Å²) in [5, 5.41) is 10.8. The van der Waals surface area contributed by atoms with Crippen molar-refractivity contribution in [3.8, 4) is 11.5 Å². The molecule has 198 valence electrons. The van der Waals surface area contributed by atoms with Crippen molar-refractivity contribution >= 4 is 63.1 Å². The number of imidazole rings is 1. The second-order valence-corrected chi connectivity index (χ2v) is 9.31. The maximum atomic E-state index is 11.6. The number of nitrogens with zero attached hydrogens (tertiary/aromatic N) is 4. The lowest BCUT2D eigenvalue weighted by Gasteiger charge is -2.19. The van der Waals surface area contributed by atoms with Crippen LogP contribution in [0.1, 0.15) is 0 Å². The van der Waals surface area contributed by atoms with Crippen LogP contribution in [0, 0.1) is 5.92 Å². The van der Waals surface area contributed by atoms with Crippen molar-refractivity contribution in [3.05, 3.63) is 53.4 Å². The maximum absolute atomic E-state index is 11.6. The fraction of sp³-hybridized carbons (Fsp3) is 0.280. The molecule has 1 aliphatic rings. The average Bonchev–Trinajstić information content (AvgIpc) is 3.60. The van der Waals surface area contributed by atoms with E-state index in [4.69, 9.17) is 42.4 Å². The highest BCUT2D eigenvalue weighted by Gasteiger charge is 2.29. The summed E-state index contributed by atoms with van der Waals surface area (Å²) in [5.74, 6) is 1.10. The molecule has 0 bridgehead atoms. The third-order valence-electron chi connectivity index (χ3n) is 6.28. The van der Waals surface area contributed by atoms with Crippen LogP contribution in [0.4, 0.5) is 17.3 Å². The number of anilines is 3. The van der Waals surface area contributed by atoms with E-state index in [2.05, 4.69) is 32.5 Å². The number of aromatic nitrogens is 4. The molecule has 3 aromatic heterocycles. The number of carbonyl (C=O) groups is 1. The van der Waals surface area contributed by atoms with E-state index in [0.29, 0.717) is 69.9 Å². The quantitative estimate of drug-likeness (QED) is 0.261. The molecule has 4 heterocycles. The van der Waals surface area contributed by atoms with Gasteiger partial charge in [-0.3, -0.25) is 9.20 Å². The van der Waals surface area contributed by atoms with Gasteiger partial charge in [-0.25, -0.2) is 9.97 Å². The average molecular weight is 558 g/mol. The number of fused-ring (bicyclic) bond motifs is 3. The molecule has 11 nitrogen and oxygen atoms in total. The summed E-state index contributed by atoms with van der Waals surface area (Å²) in [4.78, 5) is 25.3. The van der Waals surface area contributed by atoms with Crippen molar-refractivity contribution in [1.82, 2.24) is 24.7 Å². The van der Waals surface area contributed by atoms with Gasteiger partial charge in [0.15, 0.2) is 11.3 Å². The van der Waals surface area contributed by atoms with Crippen molar-refractivity contribution < 1.29 is 19.0 Å². The Bertz CT molecular complexity index is 1500. The molecule has 0 unspecified atom stereocenters. The molecule has 1 aliphatic heterocycles. The van der Waals surface area contributed by atoms with E-state index in [9.17, 15) is 4.79 Å². The third-order valence-corrected chi connectivity index (χ3v) is 7.03. The lowest BCUT2D eigenvalue weighted by molar-refractivity contribution is -0.116. The molecule has 0 aliphatic carbocycles. The first kappa shape index (κ1) is 25.8. The van der Waals surface area contributed by atoms with E-state index in [1.165, 1.54) is 20.3 Å². The van der Waals surface area contributed by atoms with Crippen LogP contribution in [0.2, 0.25) is 10.0 Å². The number of ether oxygens (including phenoxy) is 3. The van der Waals surface area contributed by atoms with Crippen molar-refractivity contribution in [1.29, 1.82) is 0 Å². The molecule has 38 heavy (non-hydrogen) atoms. The minimum atomic E-state index is -0.223. The molecule has 1 amide bonds. The van der Waals surface area contributed by atoms with Gasteiger partial charge < -0.3 is 30.2 Å². The molecule has 3 N–H and O–H groups in total. The van der Waals surface area contributed by atoms with Crippen LogP contribution in [-0.2, 0) is 9.53 Å². The zero-order chi connectivity index (χ0) is 26.8. The van der Waals surface area contributed by atoms with Crippen LogP contribution < -0.4 is 25.4 Å². The molecule has 1 saturated heterocycles. The van der Waals surface area contributed by atoms with Crippen molar-refractivity contribution in [2.45, 2.75) is 6.04 Å². The Morgan fingerprint density at radius 1 is 1.18 bits per heavy atom. The molecule has 13 heteroatoms. The Kier molecular flexibility index (Phi) is 7.41. The Balaban J connectivity index is 1.46. The van der Waals surface area contributed by atoms with Gasteiger partial charge in [0.1, 0.15) is 21.5 Å². The SMILES string of the molecule is C=CC(=O)NC[C@@H]1COC[C@@H]1Nc1ncc2cc(Nc3c(Cl)c(OC)cc(OC)c3Cl)c3nccn3c2n1. The summed E-state index contributed by atoms with van der Waals surface area (Å²) in [6.45, 7) is 4.93. The molecule has 1 aromatic carbocycles. The molecular weight excluding hydrogens is 533 g/mol. The van der Waals surface area contributed by atoms with Crippen molar-refractivity contribution in [2.24, 2.45) is 5.92 Å². The normalized spacial score (nSPS) is 16.9. The van der Waals surface area contributed by atoms with Gasteiger partial charge in [0.05, 0.1) is 44.8 Å². The minimum Gasteiger partial charge on any atom is -0.495 e. The lowest BCUT2D eigenvalue weighted by Crippen LogP contribution is -2.37. The zero-order valence-electron chi connectivity index (χ0n) is 20.6. The van der Waals surface area contributed by atoms with E-state index in [0.717, 1.165) is 5.39 Å². The minimum absolute atomic E-state index is 0.0624. The lowest BCUT2D eigenvalue weighted by atomic mass is 10.0. The molecule has 4 aromatic rings. The number of hydrogen-bond acceptors (Lipinski definition) is 9. The van der Waals surface area contributed by atoms with Gasteiger partial charge in [0.25, 0.3) is 0 Å². The number of carbonyl (C=O) groups excluding carboxylic acids is 1. The Hall–Kier alpha value is -3.80. The summed E-state index contributed by atoms with van der Waals surface area (Å²) in [6.07, 6.45) is 6.45. The van der Waals surface area contributed by atoms with E-state index in [1.54, 1.807) is 24.7 Å². The molecule has 1 fully saturated rings. The van der Waals surface area contributed by atoms with Crippen molar-refractivity contribution in [2.75, 3.05) is 44.6 Å². The number of hydrogen-bond donors (Lipinski definition) is 3. The Morgan fingerprint density at radius 2 is 1.95 bits per heavy atom. The second-order valence-electron chi connectivity index (χ2n) is 8.56. The third kappa shape index (κ3) is 4.87. The van der Waals surface area contributed by atoms with Crippen LogP contribution in [0.25, 0.3) is 16.7 Å². The van der Waals surface area contributed by atoms with Crippen molar-refractivity contribution in [3.63, 3.8) is 0 Å².